The van der Waals surface area contributed by atoms with Gasteiger partial charge in [-0.2, -0.15) is 13.5 Å². The number of unbranched alkanes of at least 4 members (excludes halogenated alkanes) is 4. The molecule has 0 rings (SSSR count). The van der Waals surface area contributed by atoms with Gasteiger partial charge in [0.25, 0.3) is 0 Å². The van der Waals surface area contributed by atoms with Crippen LogP contribution in [0.3, 0.4) is 0 Å². The topological polar surface area (TPSA) is 26.0 Å². The molecule has 0 amide bonds. The fourth-order valence-electron chi connectivity index (χ4n) is 0.748. The van der Waals surface area contributed by atoms with Gasteiger partial charge >= 0.3 is 0 Å². The fourth-order valence-corrected chi connectivity index (χ4v) is 0.748. The number of hydrogen-bond acceptors (Lipinski definition) is 1. The minimum absolute atomic E-state index is 0. The maximum atomic E-state index is 5.31. The van der Waals surface area contributed by atoms with E-state index in [1.807, 2.05) is 0 Å². The van der Waals surface area contributed by atoms with Gasteiger partial charge in [0.1, 0.15) is 0 Å². The summed E-state index contributed by atoms with van der Waals surface area (Å²) in [6, 6.07) is 0. The summed E-state index contributed by atoms with van der Waals surface area (Å²) < 4.78 is 0. The van der Waals surface area contributed by atoms with Gasteiger partial charge in [-0.15, -0.1) is 0 Å². The van der Waals surface area contributed by atoms with E-state index < -0.39 is 0 Å². The van der Waals surface area contributed by atoms with E-state index in [9.17, 15) is 0 Å². The van der Waals surface area contributed by atoms with E-state index >= 15 is 0 Å². The molecule has 0 fully saturated rings. The molecule has 9 heavy (non-hydrogen) atoms. The molecule has 0 saturated carbocycles. The van der Waals surface area contributed by atoms with Gasteiger partial charge in [0.05, 0.1) is 0 Å². The Hall–Kier alpha value is 0.310. The van der Waals surface area contributed by atoms with Gasteiger partial charge in [0, 0.05) is 0 Å². The van der Waals surface area contributed by atoms with Crippen LogP contribution in [0, 0.1) is 0 Å². The summed E-state index contributed by atoms with van der Waals surface area (Å²) in [6.07, 6.45) is 6.60. The smallest absolute Gasteiger partial charge is 0.00773 e. The number of rotatable bonds is 5. The van der Waals surface area contributed by atoms with E-state index in [1.54, 1.807) is 0 Å². The van der Waals surface area contributed by atoms with Crippen molar-refractivity contribution in [2.24, 2.45) is 5.73 Å². The molecule has 0 radical (unpaired) electrons. The second kappa shape index (κ2) is 11.2. The Balaban J connectivity index is 0. The first kappa shape index (κ1) is 12.0. The summed E-state index contributed by atoms with van der Waals surface area (Å²) in [4.78, 5) is 0. The van der Waals surface area contributed by atoms with Crippen molar-refractivity contribution in [1.82, 2.24) is 0 Å². The monoisotopic (exact) mass is 149 g/mol. The first-order chi connectivity index (χ1) is 3.91. The van der Waals surface area contributed by atoms with Crippen molar-refractivity contribution < 1.29 is 0 Å². The minimum Gasteiger partial charge on any atom is -0.330 e. The molecule has 0 aliphatic heterocycles. The van der Waals surface area contributed by atoms with E-state index in [1.165, 1.54) is 32.1 Å². The molecule has 58 valence electrons. The molecule has 0 bridgehead atoms. The standard InChI is InChI=1S/C7H17N.H2S/c1-2-3-4-5-6-7-8;/h2-8H2,1H3;1H2. The average Bonchev–Trinajstić information content (AvgIpc) is 1.81. The first-order valence-corrected chi connectivity index (χ1v) is 3.62. The maximum Gasteiger partial charge on any atom is -0.00773 e. The van der Waals surface area contributed by atoms with Crippen LogP contribution in [-0.4, -0.2) is 6.54 Å². The molecule has 0 aliphatic rings. The van der Waals surface area contributed by atoms with E-state index in [4.69, 9.17) is 5.73 Å². The predicted molar refractivity (Wildman–Crippen MR) is 48.2 cm³/mol. The van der Waals surface area contributed by atoms with Crippen molar-refractivity contribution in [3.8, 4) is 0 Å². The van der Waals surface area contributed by atoms with Crippen molar-refractivity contribution in [3.63, 3.8) is 0 Å². The highest BCUT2D eigenvalue weighted by Crippen LogP contribution is 2.00. The van der Waals surface area contributed by atoms with Crippen molar-refractivity contribution >= 4 is 13.5 Å². The average molecular weight is 149 g/mol. The van der Waals surface area contributed by atoms with Gasteiger partial charge in [-0.05, 0) is 13.0 Å². The second-order valence-electron chi connectivity index (χ2n) is 2.20. The quantitative estimate of drug-likeness (QED) is 0.595. The Morgan fingerprint density at radius 2 is 1.56 bits per heavy atom. The van der Waals surface area contributed by atoms with Crippen LogP contribution in [0.25, 0.3) is 0 Å². The molecule has 0 aromatic heterocycles. The maximum absolute atomic E-state index is 5.31. The van der Waals surface area contributed by atoms with Gasteiger partial charge in [-0.1, -0.05) is 32.6 Å². The van der Waals surface area contributed by atoms with Crippen LogP contribution >= 0.6 is 13.5 Å². The van der Waals surface area contributed by atoms with Gasteiger partial charge in [-0.25, -0.2) is 0 Å². The zero-order valence-corrected chi connectivity index (χ0v) is 7.32. The molecule has 0 atom stereocenters. The Kier molecular flexibility index (Phi) is 14.9. The lowest BCUT2D eigenvalue weighted by molar-refractivity contribution is 0.638. The Labute approximate surface area is 65.5 Å². The molecule has 0 aromatic rings. The summed E-state index contributed by atoms with van der Waals surface area (Å²) in [5, 5.41) is 0. The number of hydrogen-bond donors (Lipinski definition) is 1. The Morgan fingerprint density at radius 1 is 1.00 bits per heavy atom. The largest absolute Gasteiger partial charge is 0.330 e. The Morgan fingerprint density at radius 3 is 2.00 bits per heavy atom. The van der Waals surface area contributed by atoms with Crippen molar-refractivity contribution in [1.29, 1.82) is 0 Å². The van der Waals surface area contributed by atoms with Crippen LogP contribution in [0.5, 0.6) is 0 Å². The highest BCUT2D eigenvalue weighted by Gasteiger charge is 1.83. The third-order valence-corrected chi connectivity index (χ3v) is 1.31. The molecule has 0 saturated heterocycles. The van der Waals surface area contributed by atoms with E-state index in [0.29, 0.717) is 0 Å². The van der Waals surface area contributed by atoms with Crippen LogP contribution in [0.2, 0.25) is 0 Å². The molecule has 2 N–H and O–H groups in total. The molecule has 0 aromatic carbocycles. The van der Waals surface area contributed by atoms with E-state index in [2.05, 4.69) is 6.92 Å². The molecule has 1 nitrogen and oxygen atoms in total. The lowest BCUT2D eigenvalue weighted by Gasteiger charge is -1.93. The Bertz CT molecular complexity index is 33.9. The second-order valence-corrected chi connectivity index (χ2v) is 2.20. The highest BCUT2D eigenvalue weighted by atomic mass is 32.1. The molecule has 2 heteroatoms. The summed E-state index contributed by atoms with van der Waals surface area (Å²) in [5.74, 6) is 0. The lowest BCUT2D eigenvalue weighted by atomic mass is 10.2. The van der Waals surface area contributed by atoms with Crippen LogP contribution in [0.15, 0.2) is 0 Å². The van der Waals surface area contributed by atoms with Crippen LogP contribution in [-0.2, 0) is 0 Å². The molecule has 0 aliphatic carbocycles. The van der Waals surface area contributed by atoms with Crippen LogP contribution in [0.1, 0.15) is 39.0 Å². The normalized spacial score (nSPS) is 8.67. The predicted octanol–water partition coefficient (Wildman–Crippen LogP) is 2.03. The molecule has 0 heterocycles. The van der Waals surface area contributed by atoms with Gasteiger partial charge in [-0.3, -0.25) is 0 Å². The van der Waals surface area contributed by atoms with Gasteiger partial charge in [0.15, 0.2) is 0 Å². The van der Waals surface area contributed by atoms with Crippen molar-refractivity contribution in [2.45, 2.75) is 39.0 Å². The molecule has 0 unspecified atom stereocenters. The summed E-state index contributed by atoms with van der Waals surface area (Å²) in [5.41, 5.74) is 5.31. The van der Waals surface area contributed by atoms with E-state index in [-0.39, 0.29) is 13.5 Å². The minimum atomic E-state index is 0. The molecular formula is C7H19NS. The first-order valence-electron chi connectivity index (χ1n) is 3.62. The van der Waals surface area contributed by atoms with Crippen molar-refractivity contribution in [3.05, 3.63) is 0 Å². The lowest BCUT2D eigenvalue weighted by Crippen LogP contribution is -1.97. The summed E-state index contributed by atoms with van der Waals surface area (Å²) in [7, 11) is 0. The SMILES string of the molecule is CCCCCCCN.S. The van der Waals surface area contributed by atoms with E-state index in [0.717, 1.165) is 6.54 Å². The van der Waals surface area contributed by atoms with Crippen molar-refractivity contribution in [2.75, 3.05) is 6.54 Å². The molecular weight excluding hydrogens is 130 g/mol. The summed E-state index contributed by atoms with van der Waals surface area (Å²) >= 11 is 0. The third-order valence-electron chi connectivity index (χ3n) is 1.31. The van der Waals surface area contributed by atoms with Gasteiger partial charge in [0.2, 0.25) is 0 Å². The number of nitrogens with two attached hydrogens (primary N) is 1. The third kappa shape index (κ3) is 11.7. The van der Waals surface area contributed by atoms with Crippen LogP contribution in [0.4, 0.5) is 0 Å². The zero-order valence-electron chi connectivity index (χ0n) is 6.32. The van der Waals surface area contributed by atoms with Crippen LogP contribution < -0.4 is 5.73 Å². The highest BCUT2D eigenvalue weighted by molar-refractivity contribution is 7.59. The fraction of sp³-hybridized carbons (Fsp3) is 1.00. The zero-order chi connectivity index (χ0) is 6.24. The van der Waals surface area contributed by atoms with Gasteiger partial charge < -0.3 is 5.73 Å². The summed E-state index contributed by atoms with van der Waals surface area (Å²) in [6.45, 7) is 3.09. The molecule has 0 spiro atoms.